The van der Waals surface area contributed by atoms with Crippen LogP contribution in [-0.4, -0.2) is 41.3 Å². The van der Waals surface area contributed by atoms with Gasteiger partial charge in [-0.2, -0.15) is 0 Å². The molecule has 2 aromatic carbocycles. The van der Waals surface area contributed by atoms with Crippen LogP contribution in [0.25, 0.3) is 11.1 Å². The molecule has 0 aliphatic heterocycles. The van der Waals surface area contributed by atoms with Gasteiger partial charge in [-0.1, -0.05) is 74.7 Å². The highest BCUT2D eigenvalue weighted by Gasteiger charge is 2.37. The van der Waals surface area contributed by atoms with Crippen LogP contribution in [0.5, 0.6) is 0 Å². The van der Waals surface area contributed by atoms with E-state index in [2.05, 4.69) is 29.7 Å². The normalized spacial score (nSPS) is 16.9. The molecule has 0 heterocycles. The summed E-state index contributed by atoms with van der Waals surface area (Å²) in [6.45, 7) is 2.16. The van der Waals surface area contributed by atoms with Crippen molar-refractivity contribution < 1.29 is 24.2 Å². The number of rotatable bonds is 9. The molecule has 4 rings (SSSR count). The molecule has 1 atom stereocenters. The van der Waals surface area contributed by atoms with Crippen LogP contribution in [0.15, 0.2) is 48.5 Å². The molecule has 1 saturated carbocycles. The summed E-state index contributed by atoms with van der Waals surface area (Å²) in [6, 6.07) is 14.8. The third kappa shape index (κ3) is 5.08. The lowest BCUT2D eigenvalue weighted by Gasteiger charge is -2.32. The van der Waals surface area contributed by atoms with Gasteiger partial charge in [0.1, 0.15) is 12.6 Å². The second kappa shape index (κ2) is 10.3. The monoisotopic (exact) mass is 464 g/mol. The van der Waals surface area contributed by atoms with Gasteiger partial charge in [-0.05, 0) is 41.5 Å². The first-order valence-electron chi connectivity index (χ1n) is 12.1. The number of aliphatic carboxylic acids is 1. The Bertz CT molecular complexity index is 1010. The first kappa shape index (κ1) is 23.8. The predicted octanol–water partition coefficient (Wildman–Crippen LogP) is 4.60. The van der Waals surface area contributed by atoms with Gasteiger partial charge in [0.05, 0.1) is 6.42 Å². The molecule has 2 amide bonds. The number of alkyl carbamates (subject to hydrolysis) is 1. The van der Waals surface area contributed by atoms with Crippen LogP contribution < -0.4 is 10.6 Å². The zero-order chi connectivity index (χ0) is 24.1. The average Bonchev–Trinajstić information content (AvgIpc) is 3.40. The molecular weight excluding hydrogens is 432 g/mol. The average molecular weight is 465 g/mol. The van der Waals surface area contributed by atoms with Gasteiger partial charge in [-0.15, -0.1) is 0 Å². The number of hydrogen-bond acceptors (Lipinski definition) is 4. The Balaban J connectivity index is 1.42. The number of carboxylic acids is 1. The van der Waals surface area contributed by atoms with Crippen LogP contribution >= 0.6 is 0 Å². The van der Waals surface area contributed by atoms with E-state index in [1.165, 1.54) is 0 Å². The zero-order valence-corrected chi connectivity index (χ0v) is 19.5. The first-order valence-corrected chi connectivity index (χ1v) is 12.1. The summed E-state index contributed by atoms with van der Waals surface area (Å²) in [5.74, 6) is -1.74. The van der Waals surface area contributed by atoms with Crippen molar-refractivity contribution >= 4 is 18.0 Å². The van der Waals surface area contributed by atoms with Gasteiger partial charge in [-0.3, -0.25) is 9.59 Å². The van der Waals surface area contributed by atoms with Gasteiger partial charge in [-0.25, -0.2) is 4.79 Å². The number of carbonyl (C=O) groups is 3. The van der Waals surface area contributed by atoms with Crippen molar-refractivity contribution in [2.75, 3.05) is 6.61 Å². The third-order valence-electron chi connectivity index (χ3n) is 7.01. The molecule has 2 aliphatic carbocycles. The molecule has 1 unspecified atom stereocenters. The van der Waals surface area contributed by atoms with Crippen molar-refractivity contribution in [3.05, 3.63) is 59.7 Å². The van der Waals surface area contributed by atoms with Crippen LogP contribution in [-0.2, 0) is 14.3 Å². The molecule has 0 spiro atoms. The van der Waals surface area contributed by atoms with Gasteiger partial charge in [0.15, 0.2) is 0 Å². The summed E-state index contributed by atoms with van der Waals surface area (Å²) in [4.78, 5) is 37.1. The Labute approximate surface area is 199 Å². The summed E-state index contributed by atoms with van der Waals surface area (Å²) in [5, 5.41) is 14.9. The van der Waals surface area contributed by atoms with Crippen LogP contribution in [0.1, 0.15) is 68.9 Å². The van der Waals surface area contributed by atoms with E-state index < -0.39 is 30.4 Å². The summed E-state index contributed by atoms with van der Waals surface area (Å²) in [5.41, 5.74) is 4.09. The lowest BCUT2D eigenvalue weighted by Crippen LogP contribution is -2.55. The molecule has 0 radical (unpaired) electrons. The number of carbonyl (C=O) groups excluding carboxylic acids is 2. The van der Waals surface area contributed by atoms with E-state index in [1.807, 2.05) is 36.4 Å². The molecule has 2 aromatic rings. The number of hydrogen-bond donors (Lipinski definition) is 3. The minimum atomic E-state index is -1.19. The predicted molar refractivity (Wildman–Crippen MR) is 128 cm³/mol. The van der Waals surface area contributed by atoms with Gasteiger partial charge >= 0.3 is 12.1 Å². The highest BCUT2D eigenvalue weighted by molar-refractivity contribution is 5.89. The molecule has 180 valence electrons. The van der Waals surface area contributed by atoms with Crippen LogP contribution in [0.4, 0.5) is 4.79 Å². The summed E-state index contributed by atoms with van der Waals surface area (Å²) in [6.07, 6.45) is 4.27. The molecule has 7 nitrogen and oxygen atoms in total. The molecule has 2 aliphatic rings. The number of amides is 2. The van der Waals surface area contributed by atoms with E-state index in [1.54, 1.807) is 0 Å². The largest absolute Gasteiger partial charge is 0.481 e. The molecule has 7 heteroatoms. The van der Waals surface area contributed by atoms with E-state index in [4.69, 9.17) is 4.74 Å². The van der Waals surface area contributed by atoms with E-state index in [-0.39, 0.29) is 18.1 Å². The SMILES string of the molecule is CCCC1(NC(=O)C(CC(=O)O)NC(=O)OCC2c3ccccc3-c3ccccc32)CCCC1. The van der Waals surface area contributed by atoms with E-state index in [9.17, 15) is 19.5 Å². The van der Waals surface area contributed by atoms with Gasteiger partial charge < -0.3 is 20.5 Å². The summed E-state index contributed by atoms with van der Waals surface area (Å²) < 4.78 is 5.52. The van der Waals surface area contributed by atoms with Gasteiger partial charge in [0.2, 0.25) is 5.91 Å². The van der Waals surface area contributed by atoms with Gasteiger partial charge in [0, 0.05) is 11.5 Å². The second-order valence-corrected chi connectivity index (χ2v) is 9.35. The Morgan fingerprint density at radius 3 is 2.18 bits per heavy atom. The van der Waals surface area contributed by atoms with Crippen LogP contribution in [0.3, 0.4) is 0 Å². The van der Waals surface area contributed by atoms with E-state index in [0.29, 0.717) is 0 Å². The number of benzene rings is 2. The number of fused-ring (bicyclic) bond motifs is 3. The molecule has 1 fully saturated rings. The fraction of sp³-hybridized carbons (Fsp3) is 0.444. The molecular formula is C27H32N2O5. The van der Waals surface area contributed by atoms with Crippen LogP contribution in [0.2, 0.25) is 0 Å². The number of carboxylic acid groups (broad SMARTS) is 1. The van der Waals surface area contributed by atoms with E-state index >= 15 is 0 Å². The highest BCUT2D eigenvalue weighted by atomic mass is 16.5. The van der Waals surface area contributed by atoms with Crippen molar-refractivity contribution in [3.63, 3.8) is 0 Å². The zero-order valence-electron chi connectivity index (χ0n) is 19.5. The van der Waals surface area contributed by atoms with E-state index in [0.717, 1.165) is 60.8 Å². The van der Waals surface area contributed by atoms with Crippen molar-refractivity contribution in [1.29, 1.82) is 0 Å². The summed E-state index contributed by atoms with van der Waals surface area (Å²) in [7, 11) is 0. The lowest BCUT2D eigenvalue weighted by molar-refractivity contribution is -0.140. The number of ether oxygens (including phenoxy) is 1. The molecule has 0 aromatic heterocycles. The lowest BCUT2D eigenvalue weighted by atomic mass is 9.91. The molecule has 0 bridgehead atoms. The minimum absolute atomic E-state index is 0.0983. The maximum absolute atomic E-state index is 13.0. The number of nitrogens with one attached hydrogen (secondary N) is 2. The Hall–Kier alpha value is -3.35. The Morgan fingerprint density at radius 1 is 1.03 bits per heavy atom. The first-order chi connectivity index (χ1) is 16.4. The minimum Gasteiger partial charge on any atom is -0.481 e. The fourth-order valence-corrected chi connectivity index (χ4v) is 5.48. The maximum Gasteiger partial charge on any atom is 0.407 e. The second-order valence-electron chi connectivity index (χ2n) is 9.35. The molecule has 0 saturated heterocycles. The van der Waals surface area contributed by atoms with Crippen molar-refractivity contribution in [1.82, 2.24) is 10.6 Å². The van der Waals surface area contributed by atoms with Crippen molar-refractivity contribution in [2.45, 2.75) is 69.4 Å². The Morgan fingerprint density at radius 2 is 1.62 bits per heavy atom. The molecule has 3 N–H and O–H groups in total. The maximum atomic E-state index is 13.0. The summed E-state index contributed by atoms with van der Waals surface area (Å²) >= 11 is 0. The van der Waals surface area contributed by atoms with Crippen LogP contribution in [0, 0.1) is 0 Å². The van der Waals surface area contributed by atoms with Gasteiger partial charge in [0.25, 0.3) is 0 Å². The topological polar surface area (TPSA) is 105 Å². The van der Waals surface area contributed by atoms with Crippen molar-refractivity contribution in [3.8, 4) is 11.1 Å². The fourth-order valence-electron chi connectivity index (χ4n) is 5.48. The molecule has 34 heavy (non-hydrogen) atoms. The standard InChI is InChI=1S/C27H32N2O5/c1-2-13-27(14-7-8-15-27)29-25(32)23(16-24(30)31)28-26(33)34-17-22-20-11-5-3-9-18(20)19-10-4-6-12-21(19)22/h3-6,9-12,22-23H,2,7-8,13-17H2,1H3,(H,28,33)(H,29,32)(H,30,31). The van der Waals surface area contributed by atoms with Crippen molar-refractivity contribution in [2.24, 2.45) is 0 Å². The Kier molecular flexibility index (Phi) is 7.20. The third-order valence-corrected chi connectivity index (χ3v) is 7.01. The quantitative estimate of drug-likeness (QED) is 0.503. The smallest absolute Gasteiger partial charge is 0.407 e. The highest BCUT2D eigenvalue weighted by Crippen LogP contribution is 2.44.